The fourth-order valence-electron chi connectivity index (χ4n) is 2.58. The molecule has 0 aromatic rings. The summed E-state index contributed by atoms with van der Waals surface area (Å²) in [6.45, 7) is 4.23. The fourth-order valence-corrected chi connectivity index (χ4v) is 3.51. The minimum Gasteiger partial charge on any atom is -0.393 e. The average molecular weight is 323 g/mol. The van der Waals surface area contributed by atoms with Crippen molar-refractivity contribution in [2.45, 2.75) is 102 Å². The average Bonchev–Trinajstić information content (AvgIpc) is 2.41. The molecule has 0 aliphatic carbocycles. The quantitative estimate of drug-likeness (QED) is 0.369. The van der Waals surface area contributed by atoms with E-state index < -0.39 is 15.4 Å². The van der Waals surface area contributed by atoms with Crippen LogP contribution < -0.4 is 0 Å². The Bertz CT molecular complexity index is 327. The Morgan fingerprint density at radius 2 is 1.29 bits per heavy atom. The highest BCUT2D eigenvalue weighted by Crippen LogP contribution is 2.19. The lowest BCUT2D eigenvalue weighted by molar-refractivity contribution is 0.148. The Hall–Kier alpha value is -0.130. The van der Waals surface area contributed by atoms with Crippen LogP contribution in [0.5, 0.6) is 0 Å². The van der Waals surface area contributed by atoms with Gasteiger partial charge in [0.15, 0.2) is 0 Å². The van der Waals surface area contributed by atoms with E-state index in [-0.39, 0.29) is 6.10 Å². The summed E-state index contributed by atoms with van der Waals surface area (Å²) in [4.78, 5) is 0. The van der Waals surface area contributed by atoms with Gasteiger partial charge in [-0.3, -0.25) is 4.55 Å². The molecule has 0 amide bonds. The second kappa shape index (κ2) is 12.4. The van der Waals surface area contributed by atoms with Crippen LogP contribution in [0.3, 0.4) is 0 Å². The molecule has 2 N–H and O–H groups in total. The van der Waals surface area contributed by atoms with Crippen molar-refractivity contribution in [1.29, 1.82) is 0 Å². The van der Waals surface area contributed by atoms with Crippen LogP contribution in [0.15, 0.2) is 0 Å². The molecule has 0 saturated heterocycles. The van der Waals surface area contributed by atoms with Gasteiger partial charge in [-0.2, -0.15) is 8.42 Å². The van der Waals surface area contributed by atoms with Crippen LogP contribution >= 0.6 is 0 Å². The summed E-state index contributed by atoms with van der Waals surface area (Å²) < 4.78 is 32.1. The number of rotatable bonds is 14. The summed E-state index contributed by atoms with van der Waals surface area (Å²) in [7, 11) is -3.95. The molecule has 0 aromatic carbocycles. The highest BCUT2D eigenvalue weighted by Gasteiger charge is 2.22. The number of unbranched alkanes of at least 4 members (excludes halogenated alkanes) is 5. The van der Waals surface area contributed by atoms with Gasteiger partial charge in [-0.25, -0.2) is 0 Å². The van der Waals surface area contributed by atoms with Crippen molar-refractivity contribution in [2.24, 2.45) is 0 Å². The van der Waals surface area contributed by atoms with Crippen molar-refractivity contribution >= 4 is 10.1 Å². The molecule has 0 fully saturated rings. The summed E-state index contributed by atoms with van der Waals surface area (Å²) in [6.07, 6.45) is 10.1. The second-order valence-corrected chi connectivity index (χ2v) is 7.76. The van der Waals surface area contributed by atoms with Gasteiger partial charge >= 0.3 is 0 Å². The molecule has 2 unspecified atom stereocenters. The number of hydrogen-bond acceptors (Lipinski definition) is 3. The molecule has 0 aromatic heterocycles. The maximum atomic E-state index is 11.4. The van der Waals surface area contributed by atoms with Crippen LogP contribution in [-0.4, -0.2) is 29.4 Å². The molecule has 128 valence electrons. The van der Waals surface area contributed by atoms with Gasteiger partial charge in [-0.15, -0.1) is 0 Å². The topological polar surface area (TPSA) is 74.6 Å². The normalized spacial score (nSPS) is 15.0. The summed E-state index contributed by atoms with van der Waals surface area (Å²) >= 11 is 0. The van der Waals surface area contributed by atoms with E-state index in [4.69, 9.17) is 0 Å². The molecule has 2 atom stereocenters. The highest BCUT2D eigenvalue weighted by atomic mass is 32.2. The zero-order valence-electron chi connectivity index (χ0n) is 13.8. The summed E-state index contributed by atoms with van der Waals surface area (Å²) in [5.74, 6) is 0. The summed E-state index contributed by atoms with van der Waals surface area (Å²) in [6, 6.07) is 0. The lowest BCUT2D eigenvalue weighted by atomic mass is 10.0. The van der Waals surface area contributed by atoms with Gasteiger partial charge in [0.2, 0.25) is 0 Å². The van der Waals surface area contributed by atoms with E-state index in [9.17, 15) is 18.1 Å². The highest BCUT2D eigenvalue weighted by molar-refractivity contribution is 7.86. The third-order valence-corrected chi connectivity index (χ3v) is 5.32. The van der Waals surface area contributed by atoms with Crippen LogP contribution in [0, 0.1) is 0 Å². The zero-order valence-corrected chi connectivity index (χ0v) is 14.6. The third kappa shape index (κ3) is 12.1. The number of hydrogen-bond donors (Lipinski definition) is 2. The Morgan fingerprint density at radius 3 is 1.86 bits per heavy atom. The van der Waals surface area contributed by atoms with Crippen LogP contribution in [-0.2, 0) is 10.1 Å². The lowest BCUT2D eigenvalue weighted by Gasteiger charge is -2.15. The molecule has 0 aliphatic heterocycles. The molecule has 0 heterocycles. The molecule has 0 radical (unpaired) electrons. The van der Waals surface area contributed by atoms with Gasteiger partial charge in [0, 0.05) is 0 Å². The lowest BCUT2D eigenvalue weighted by Crippen LogP contribution is -2.21. The monoisotopic (exact) mass is 322 g/mol. The van der Waals surface area contributed by atoms with Crippen molar-refractivity contribution in [3.63, 3.8) is 0 Å². The Balaban J connectivity index is 3.97. The molecule has 21 heavy (non-hydrogen) atoms. The molecular formula is C16H34O4S. The molecule has 4 nitrogen and oxygen atoms in total. The number of aliphatic hydroxyl groups excluding tert-OH is 1. The van der Waals surface area contributed by atoms with Crippen molar-refractivity contribution < 1.29 is 18.1 Å². The largest absolute Gasteiger partial charge is 0.393 e. The molecule has 0 aliphatic rings. The Morgan fingerprint density at radius 1 is 0.762 bits per heavy atom. The smallest absolute Gasteiger partial charge is 0.267 e. The van der Waals surface area contributed by atoms with Gasteiger partial charge < -0.3 is 5.11 Å². The van der Waals surface area contributed by atoms with Gasteiger partial charge in [-0.1, -0.05) is 58.8 Å². The first-order valence-electron chi connectivity index (χ1n) is 8.56. The van der Waals surface area contributed by atoms with Gasteiger partial charge in [0.25, 0.3) is 10.1 Å². The maximum Gasteiger partial charge on any atom is 0.267 e. The molecule has 0 spiro atoms. The minimum atomic E-state index is -3.95. The predicted octanol–water partition coefficient (Wildman–Crippen LogP) is 4.32. The van der Waals surface area contributed by atoms with E-state index >= 15 is 0 Å². The van der Waals surface area contributed by atoms with Crippen molar-refractivity contribution in [3.8, 4) is 0 Å². The van der Waals surface area contributed by atoms with Crippen LogP contribution in [0.25, 0.3) is 0 Å². The fraction of sp³-hybridized carbons (Fsp3) is 1.00. The van der Waals surface area contributed by atoms with Gasteiger partial charge in [0.1, 0.15) is 0 Å². The van der Waals surface area contributed by atoms with E-state index in [0.717, 1.165) is 44.9 Å². The van der Waals surface area contributed by atoms with Crippen molar-refractivity contribution in [1.82, 2.24) is 0 Å². The first-order valence-corrected chi connectivity index (χ1v) is 10.1. The van der Waals surface area contributed by atoms with Gasteiger partial charge in [0.05, 0.1) is 11.4 Å². The molecular weight excluding hydrogens is 288 g/mol. The maximum absolute atomic E-state index is 11.4. The van der Waals surface area contributed by atoms with E-state index in [1.807, 2.05) is 0 Å². The Kier molecular flexibility index (Phi) is 12.3. The third-order valence-electron chi connectivity index (χ3n) is 4.01. The van der Waals surface area contributed by atoms with Crippen LogP contribution in [0.4, 0.5) is 0 Å². The predicted molar refractivity (Wildman–Crippen MR) is 88.1 cm³/mol. The van der Waals surface area contributed by atoms with Crippen LogP contribution in [0.2, 0.25) is 0 Å². The van der Waals surface area contributed by atoms with E-state index in [0.29, 0.717) is 25.7 Å². The van der Waals surface area contributed by atoms with Crippen molar-refractivity contribution in [2.75, 3.05) is 0 Å². The van der Waals surface area contributed by atoms with E-state index in [1.54, 1.807) is 0 Å². The minimum absolute atomic E-state index is 0.337. The zero-order chi connectivity index (χ0) is 16.1. The van der Waals surface area contributed by atoms with Crippen LogP contribution in [0.1, 0.15) is 90.9 Å². The van der Waals surface area contributed by atoms with Crippen molar-refractivity contribution in [3.05, 3.63) is 0 Å². The summed E-state index contributed by atoms with van der Waals surface area (Å²) in [5.41, 5.74) is 0. The standard InChI is InChI=1S/C16H34O4S/c1-3-5-7-8-9-13-16(21(18,19)20)14-10-12-15(17)11-6-4-2/h15-17H,3-14H2,1-2H3,(H,18,19,20). The van der Waals surface area contributed by atoms with Gasteiger partial charge in [-0.05, 0) is 32.1 Å². The molecule has 0 saturated carbocycles. The summed E-state index contributed by atoms with van der Waals surface area (Å²) in [5, 5.41) is 9.10. The first kappa shape index (κ1) is 20.9. The SMILES string of the molecule is CCCCCCCC(CCCC(O)CCCC)S(=O)(=O)O. The number of aliphatic hydroxyl groups is 1. The second-order valence-electron chi connectivity index (χ2n) is 6.07. The molecule has 0 rings (SSSR count). The van der Waals surface area contributed by atoms with E-state index in [1.165, 1.54) is 6.42 Å². The molecule has 5 heteroatoms. The first-order chi connectivity index (χ1) is 9.91. The van der Waals surface area contributed by atoms with E-state index in [2.05, 4.69) is 13.8 Å². The molecule has 0 bridgehead atoms. The Labute approximate surface area is 131 Å².